The van der Waals surface area contributed by atoms with Gasteiger partial charge in [-0.05, 0) is 51.3 Å². The van der Waals surface area contributed by atoms with Crippen LogP contribution in [0.3, 0.4) is 0 Å². The minimum absolute atomic E-state index is 0.0304. The van der Waals surface area contributed by atoms with Crippen LogP contribution in [-0.2, 0) is 18.4 Å². The normalized spacial score (nSPS) is 24.8. The maximum atomic E-state index is 12.6. The van der Waals surface area contributed by atoms with E-state index in [9.17, 15) is 4.79 Å². The number of carbonyl (C=O) groups excluding carboxylic acids is 1. The smallest absolute Gasteiger partial charge is 0.252 e. The number of hydrogen-bond acceptors (Lipinski definition) is 4. The van der Waals surface area contributed by atoms with E-state index in [2.05, 4.69) is 41.2 Å². The van der Waals surface area contributed by atoms with Crippen molar-refractivity contribution in [3.63, 3.8) is 0 Å². The summed E-state index contributed by atoms with van der Waals surface area (Å²) in [6.45, 7) is 8.15. The molecule has 3 heterocycles. The maximum Gasteiger partial charge on any atom is 0.252 e. The summed E-state index contributed by atoms with van der Waals surface area (Å²) < 4.78 is 7.59. The molecule has 6 nitrogen and oxygen atoms in total. The largest absolute Gasteiger partial charge is 0.491 e. The summed E-state index contributed by atoms with van der Waals surface area (Å²) >= 11 is 0. The second kappa shape index (κ2) is 7.67. The number of nitrogens with zero attached hydrogens (tertiary/aromatic N) is 4. The number of benzene rings is 1. The number of rotatable bonds is 5. The Morgan fingerprint density at radius 1 is 1.31 bits per heavy atom. The van der Waals surface area contributed by atoms with Crippen LogP contribution < -0.4 is 9.64 Å². The lowest BCUT2D eigenvalue weighted by Gasteiger charge is -2.47. The molecule has 4 rings (SSSR count). The van der Waals surface area contributed by atoms with Gasteiger partial charge in [0.1, 0.15) is 5.75 Å². The fraction of sp³-hybridized carbons (Fsp3) is 0.478. The molecule has 0 radical (unpaired) electrons. The zero-order valence-corrected chi connectivity index (χ0v) is 17.7. The van der Waals surface area contributed by atoms with Gasteiger partial charge >= 0.3 is 0 Å². The van der Waals surface area contributed by atoms with Crippen LogP contribution in [0.2, 0.25) is 0 Å². The Balaban J connectivity index is 1.48. The van der Waals surface area contributed by atoms with E-state index in [-0.39, 0.29) is 17.6 Å². The molecule has 29 heavy (non-hydrogen) atoms. The quantitative estimate of drug-likeness (QED) is 0.778. The number of aromatic nitrogens is 2. The third kappa shape index (κ3) is 3.94. The molecule has 0 N–H and O–H groups in total. The van der Waals surface area contributed by atoms with Crippen molar-refractivity contribution in [2.24, 2.45) is 7.05 Å². The molecule has 2 aliphatic heterocycles. The first-order valence-corrected chi connectivity index (χ1v) is 10.4. The standard InChI is InChI=1S/C23H30N4O2/c1-17(2)29-20-7-5-6-19(14-20)16-26-13-11-23(15-18(26)3)10-8-22(28)27(23)21-9-12-25(4)24-21/h5-10,12,14,17-18H,11,13,15-16H2,1-4H3/t18-,23+/m0/s1. The number of amides is 1. The summed E-state index contributed by atoms with van der Waals surface area (Å²) in [6, 6.07) is 10.6. The van der Waals surface area contributed by atoms with Crippen LogP contribution >= 0.6 is 0 Å². The van der Waals surface area contributed by atoms with Crippen molar-refractivity contribution in [3.05, 3.63) is 54.2 Å². The fourth-order valence-corrected chi connectivity index (χ4v) is 4.57. The van der Waals surface area contributed by atoms with Crippen molar-refractivity contribution in [1.82, 2.24) is 14.7 Å². The Bertz CT molecular complexity index is 919. The third-order valence-electron chi connectivity index (χ3n) is 5.89. The van der Waals surface area contributed by atoms with Crippen molar-refractivity contribution in [2.45, 2.75) is 57.8 Å². The first-order valence-electron chi connectivity index (χ1n) is 10.4. The van der Waals surface area contributed by atoms with E-state index < -0.39 is 0 Å². The van der Waals surface area contributed by atoms with Gasteiger partial charge in [-0.25, -0.2) is 0 Å². The highest BCUT2D eigenvalue weighted by atomic mass is 16.5. The molecule has 0 saturated carbocycles. The first kappa shape index (κ1) is 19.7. The minimum atomic E-state index is -0.274. The Kier molecular flexibility index (Phi) is 5.21. The molecule has 1 fully saturated rings. The highest BCUT2D eigenvalue weighted by Crippen LogP contribution is 2.40. The summed E-state index contributed by atoms with van der Waals surface area (Å²) in [5.41, 5.74) is 0.981. The van der Waals surface area contributed by atoms with Crippen LogP contribution in [0.25, 0.3) is 0 Å². The lowest BCUT2D eigenvalue weighted by molar-refractivity contribution is -0.114. The summed E-state index contributed by atoms with van der Waals surface area (Å²) in [7, 11) is 1.88. The predicted molar refractivity (Wildman–Crippen MR) is 114 cm³/mol. The molecule has 1 amide bonds. The molecule has 0 bridgehead atoms. The number of ether oxygens (including phenoxy) is 1. The van der Waals surface area contributed by atoms with E-state index in [1.807, 2.05) is 44.1 Å². The molecule has 2 atom stereocenters. The van der Waals surface area contributed by atoms with Crippen molar-refractivity contribution < 1.29 is 9.53 Å². The zero-order valence-electron chi connectivity index (χ0n) is 17.7. The van der Waals surface area contributed by atoms with Crippen molar-refractivity contribution in [3.8, 4) is 5.75 Å². The molecule has 2 aromatic rings. The van der Waals surface area contributed by atoms with Gasteiger partial charge in [-0.1, -0.05) is 18.2 Å². The maximum absolute atomic E-state index is 12.6. The molecule has 2 aliphatic rings. The van der Waals surface area contributed by atoms with Gasteiger partial charge < -0.3 is 4.74 Å². The number of carbonyl (C=O) groups is 1. The van der Waals surface area contributed by atoms with E-state index in [1.54, 1.807) is 10.8 Å². The topological polar surface area (TPSA) is 50.6 Å². The number of piperidine rings is 1. The van der Waals surface area contributed by atoms with E-state index in [0.717, 1.165) is 37.5 Å². The van der Waals surface area contributed by atoms with Gasteiger partial charge in [0, 0.05) is 44.5 Å². The summed E-state index contributed by atoms with van der Waals surface area (Å²) in [5, 5.41) is 4.49. The van der Waals surface area contributed by atoms with Crippen LogP contribution in [0.5, 0.6) is 5.75 Å². The van der Waals surface area contributed by atoms with Crippen LogP contribution in [0, 0.1) is 0 Å². The van der Waals surface area contributed by atoms with Crippen LogP contribution in [0.1, 0.15) is 39.2 Å². The minimum Gasteiger partial charge on any atom is -0.491 e. The summed E-state index contributed by atoms with van der Waals surface area (Å²) in [4.78, 5) is 17.0. The predicted octanol–water partition coefficient (Wildman–Crippen LogP) is 3.53. The van der Waals surface area contributed by atoms with Gasteiger partial charge in [-0.15, -0.1) is 0 Å². The zero-order chi connectivity index (χ0) is 20.6. The Hall–Kier alpha value is -2.60. The van der Waals surface area contributed by atoms with E-state index in [4.69, 9.17) is 4.74 Å². The van der Waals surface area contributed by atoms with E-state index in [0.29, 0.717) is 6.04 Å². The molecule has 154 valence electrons. The second-order valence-electron chi connectivity index (χ2n) is 8.55. The number of hydrogen-bond donors (Lipinski definition) is 0. The van der Waals surface area contributed by atoms with Crippen molar-refractivity contribution in [2.75, 3.05) is 11.4 Å². The molecule has 0 aliphatic carbocycles. The average Bonchev–Trinajstić information content (AvgIpc) is 3.21. The van der Waals surface area contributed by atoms with Gasteiger partial charge in [0.2, 0.25) is 0 Å². The van der Waals surface area contributed by atoms with Gasteiger partial charge in [-0.2, -0.15) is 5.10 Å². The molecule has 1 saturated heterocycles. The summed E-state index contributed by atoms with van der Waals surface area (Å²) in [5.74, 6) is 1.69. The highest BCUT2D eigenvalue weighted by molar-refractivity contribution is 6.05. The SMILES string of the molecule is CC(C)Oc1cccc(CN2CC[C@]3(C=CC(=O)N3c3ccn(C)n3)C[C@@H]2C)c1. The third-order valence-corrected chi connectivity index (χ3v) is 5.89. The van der Waals surface area contributed by atoms with Crippen molar-refractivity contribution >= 4 is 11.7 Å². The van der Waals surface area contributed by atoms with Gasteiger partial charge in [0.25, 0.3) is 5.91 Å². The Morgan fingerprint density at radius 2 is 2.14 bits per heavy atom. The molecular formula is C23H30N4O2. The average molecular weight is 395 g/mol. The molecule has 1 aromatic heterocycles. The van der Waals surface area contributed by atoms with Crippen LogP contribution in [0.4, 0.5) is 5.82 Å². The molecular weight excluding hydrogens is 364 g/mol. The summed E-state index contributed by atoms with van der Waals surface area (Å²) in [6.07, 6.45) is 7.66. The molecule has 1 aromatic carbocycles. The second-order valence-corrected chi connectivity index (χ2v) is 8.55. The fourth-order valence-electron chi connectivity index (χ4n) is 4.57. The monoisotopic (exact) mass is 394 g/mol. The highest BCUT2D eigenvalue weighted by Gasteiger charge is 2.47. The Morgan fingerprint density at radius 3 is 2.83 bits per heavy atom. The molecule has 1 spiro atoms. The van der Waals surface area contributed by atoms with Gasteiger partial charge in [0.15, 0.2) is 5.82 Å². The van der Waals surface area contributed by atoms with Gasteiger partial charge in [-0.3, -0.25) is 19.3 Å². The van der Waals surface area contributed by atoms with E-state index in [1.165, 1.54) is 5.56 Å². The molecule has 0 unspecified atom stereocenters. The van der Waals surface area contributed by atoms with Crippen molar-refractivity contribution in [1.29, 1.82) is 0 Å². The first-order chi connectivity index (χ1) is 13.9. The van der Waals surface area contributed by atoms with Gasteiger partial charge in [0.05, 0.1) is 11.6 Å². The lowest BCUT2D eigenvalue weighted by atomic mass is 9.83. The van der Waals surface area contributed by atoms with Crippen LogP contribution in [-0.4, -0.2) is 44.8 Å². The number of aryl methyl sites for hydroxylation is 1. The lowest BCUT2D eigenvalue weighted by Crippen LogP contribution is -2.56. The van der Waals surface area contributed by atoms with E-state index >= 15 is 0 Å². The Labute approximate surface area is 172 Å². The number of anilines is 1. The molecule has 6 heteroatoms. The number of likely N-dealkylation sites (tertiary alicyclic amines) is 1. The van der Waals surface area contributed by atoms with Crippen LogP contribution in [0.15, 0.2) is 48.7 Å².